The summed E-state index contributed by atoms with van der Waals surface area (Å²) in [7, 11) is 1.94. The third-order valence-corrected chi connectivity index (χ3v) is 7.89. The number of hydrogen-bond donors (Lipinski definition) is 1. The van der Waals surface area contributed by atoms with Gasteiger partial charge in [0.05, 0.1) is 5.04 Å². The van der Waals surface area contributed by atoms with E-state index in [2.05, 4.69) is 24.0 Å². The first-order chi connectivity index (χ1) is 5.44. The van der Waals surface area contributed by atoms with Crippen LogP contribution in [0.3, 0.4) is 0 Å². The molecule has 1 rings (SSSR count). The van der Waals surface area contributed by atoms with Crippen molar-refractivity contribution in [3.05, 3.63) is 0 Å². The van der Waals surface area contributed by atoms with E-state index in [-0.39, 0.29) is 0 Å². The predicted molar refractivity (Wildman–Crippen MR) is 61.0 cm³/mol. The summed E-state index contributed by atoms with van der Waals surface area (Å²) in [5, 5.41) is 8.75. The summed E-state index contributed by atoms with van der Waals surface area (Å²) in [4.78, 5) is 0. The maximum absolute atomic E-state index is 5.52. The Morgan fingerprint density at radius 3 is 2.58 bits per heavy atom. The standard InChI is InChI=1S/C6H14N3PS2/c1-5(2)8-10(11)9(4)7-6(3)12-10/h5H,1-4H3,(H,8,11). The van der Waals surface area contributed by atoms with Crippen molar-refractivity contribution in [1.82, 2.24) is 9.87 Å². The van der Waals surface area contributed by atoms with E-state index in [1.54, 1.807) is 11.4 Å². The van der Waals surface area contributed by atoms with Crippen LogP contribution in [0.5, 0.6) is 0 Å². The second-order valence-electron chi connectivity index (χ2n) is 3.00. The first kappa shape index (κ1) is 10.5. The molecular weight excluding hydrogens is 209 g/mol. The lowest BCUT2D eigenvalue weighted by molar-refractivity contribution is 0.585. The first-order valence-corrected chi connectivity index (χ1v) is 7.98. The van der Waals surface area contributed by atoms with E-state index in [1.165, 1.54) is 0 Å². The van der Waals surface area contributed by atoms with Gasteiger partial charge in [0, 0.05) is 13.1 Å². The lowest BCUT2D eigenvalue weighted by Gasteiger charge is -2.25. The lowest BCUT2D eigenvalue weighted by atomic mass is 10.4. The van der Waals surface area contributed by atoms with Gasteiger partial charge in [-0.3, -0.25) is 5.09 Å². The Hall–Kier alpha value is 0.430. The van der Waals surface area contributed by atoms with Crippen LogP contribution in [0.4, 0.5) is 0 Å². The minimum Gasteiger partial charge on any atom is -0.261 e. The summed E-state index contributed by atoms with van der Waals surface area (Å²) in [6.07, 6.45) is 0. The molecular formula is C6H14N3PS2. The highest BCUT2D eigenvalue weighted by Crippen LogP contribution is 2.62. The van der Waals surface area contributed by atoms with Crippen molar-refractivity contribution >= 4 is 33.8 Å². The van der Waals surface area contributed by atoms with Gasteiger partial charge in [0.1, 0.15) is 0 Å². The third kappa shape index (κ3) is 2.22. The van der Waals surface area contributed by atoms with Crippen molar-refractivity contribution in [2.24, 2.45) is 5.10 Å². The average Bonchev–Trinajstić information content (AvgIpc) is 2.04. The van der Waals surface area contributed by atoms with Crippen molar-refractivity contribution in [1.29, 1.82) is 0 Å². The van der Waals surface area contributed by atoms with E-state index >= 15 is 0 Å². The quantitative estimate of drug-likeness (QED) is 0.726. The second kappa shape index (κ2) is 3.66. The number of nitrogens with zero attached hydrogens (tertiary/aromatic N) is 2. The van der Waals surface area contributed by atoms with E-state index < -0.39 is 5.54 Å². The molecule has 12 heavy (non-hydrogen) atoms. The van der Waals surface area contributed by atoms with Crippen molar-refractivity contribution in [3.8, 4) is 0 Å². The molecule has 1 heterocycles. The Morgan fingerprint density at radius 2 is 2.25 bits per heavy atom. The van der Waals surface area contributed by atoms with E-state index in [1.807, 2.05) is 18.8 Å². The van der Waals surface area contributed by atoms with Crippen LogP contribution in [0.2, 0.25) is 0 Å². The first-order valence-electron chi connectivity index (χ1n) is 3.81. The molecule has 1 unspecified atom stereocenters. The fourth-order valence-electron chi connectivity index (χ4n) is 0.955. The van der Waals surface area contributed by atoms with Crippen LogP contribution in [-0.2, 0) is 11.8 Å². The summed E-state index contributed by atoms with van der Waals surface area (Å²) in [6.45, 7) is 6.21. The zero-order chi connectivity index (χ0) is 9.35. The highest BCUT2D eigenvalue weighted by Gasteiger charge is 2.29. The van der Waals surface area contributed by atoms with Gasteiger partial charge in [-0.2, -0.15) is 5.10 Å². The molecule has 0 aromatic heterocycles. The maximum Gasteiger partial charge on any atom is 0.174 e. The molecule has 0 radical (unpaired) electrons. The minimum absolute atomic E-state index is 0.423. The molecule has 0 fully saturated rings. The molecule has 0 bridgehead atoms. The second-order valence-corrected chi connectivity index (χ2v) is 10.1. The summed E-state index contributed by atoms with van der Waals surface area (Å²) in [5.74, 6) is 0. The summed E-state index contributed by atoms with van der Waals surface area (Å²) in [5.41, 5.74) is -1.64. The largest absolute Gasteiger partial charge is 0.261 e. The highest BCUT2D eigenvalue weighted by atomic mass is 32.9. The maximum atomic E-state index is 5.52. The molecule has 1 aliphatic rings. The Kier molecular flexibility index (Phi) is 3.21. The van der Waals surface area contributed by atoms with Crippen LogP contribution >= 0.6 is 16.9 Å². The van der Waals surface area contributed by atoms with Crippen molar-refractivity contribution in [2.45, 2.75) is 26.8 Å². The van der Waals surface area contributed by atoms with Crippen molar-refractivity contribution < 1.29 is 0 Å². The molecule has 1 aliphatic heterocycles. The van der Waals surface area contributed by atoms with Crippen molar-refractivity contribution in [3.63, 3.8) is 0 Å². The number of hydrogen-bond acceptors (Lipinski definition) is 3. The van der Waals surface area contributed by atoms with E-state index in [0.29, 0.717) is 6.04 Å². The van der Waals surface area contributed by atoms with Gasteiger partial charge in [-0.1, -0.05) is 0 Å². The van der Waals surface area contributed by atoms with Crippen molar-refractivity contribution in [2.75, 3.05) is 7.05 Å². The monoisotopic (exact) mass is 223 g/mol. The highest BCUT2D eigenvalue weighted by molar-refractivity contribution is 8.75. The molecule has 0 spiro atoms. The molecule has 0 saturated heterocycles. The molecule has 1 atom stereocenters. The van der Waals surface area contributed by atoms with Gasteiger partial charge >= 0.3 is 0 Å². The number of hydrazone groups is 1. The van der Waals surface area contributed by atoms with Crippen LogP contribution < -0.4 is 5.09 Å². The fraction of sp³-hybridized carbons (Fsp3) is 0.833. The Labute approximate surface area is 82.8 Å². The molecule has 0 amide bonds. The van der Waals surface area contributed by atoms with Gasteiger partial charge in [-0.05, 0) is 44.0 Å². The fourth-order valence-corrected chi connectivity index (χ4v) is 6.93. The molecule has 0 saturated carbocycles. The SMILES string of the molecule is CC1=NN(C)P(=S)(NC(C)C)S1. The molecule has 3 nitrogen and oxygen atoms in total. The van der Waals surface area contributed by atoms with Crippen LogP contribution in [-0.4, -0.2) is 22.9 Å². The number of nitrogens with one attached hydrogen (secondary N) is 1. The van der Waals surface area contributed by atoms with E-state index in [4.69, 9.17) is 11.8 Å². The van der Waals surface area contributed by atoms with Gasteiger partial charge in [0.25, 0.3) is 0 Å². The Morgan fingerprint density at radius 1 is 1.67 bits per heavy atom. The Balaban J connectivity index is 2.70. The number of rotatable bonds is 2. The lowest BCUT2D eigenvalue weighted by Crippen LogP contribution is -2.22. The van der Waals surface area contributed by atoms with Gasteiger partial charge in [0.2, 0.25) is 0 Å². The summed E-state index contributed by atoms with van der Waals surface area (Å²) >= 11 is 7.21. The normalized spacial score (nSPS) is 29.8. The zero-order valence-electron chi connectivity index (χ0n) is 7.74. The zero-order valence-corrected chi connectivity index (χ0v) is 10.3. The van der Waals surface area contributed by atoms with Crippen LogP contribution in [0.25, 0.3) is 0 Å². The molecule has 0 aliphatic carbocycles. The van der Waals surface area contributed by atoms with Crippen LogP contribution in [0, 0.1) is 0 Å². The molecule has 0 aromatic carbocycles. The van der Waals surface area contributed by atoms with E-state index in [9.17, 15) is 0 Å². The average molecular weight is 223 g/mol. The third-order valence-electron chi connectivity index (χ3n) is 1.34. The van der Waals surface area contributed by atoms with Crippen LogP contribution in [0.15, 0.2) is 5.10 Å². The van der Waals surface area contributed by atoms with Gasteiger partial charge < -0.3 is 0 Å². The van der Waals surface area contributed by atoms with E-state index in [0.717, 1.165) is 5.04 Å². The smallest absolute Gasteiger partial charge is 0.174 e. The summed E-state index contributed by atoms with van der Waals surface area (Å²) < 4.78 is 1.91. The van der Waals surface area contributed by atoms with Gasteiger partial charge in [-0.25, -0.2) is 4.78 Å². The molecule has 70 valence electrons. The van der Waals surface area contributed by atoms with Crippen LogP contribution in [0.1, 0.15) is 20.8 Å². The van der Waals surface area contributed by atoms with Gasteiger partial charge in [-0.15, -0.1) is 0 Å². The topological polar surface area (TPSA) is 27.6 Å². The summed E-state index contributed by atoms with van der Waals surface area (Å²) in [6, 6.07) is 0.423. The minimum atomic E-state index is -1.64. The predicted octanol–water partition coefficient (Wildman–Crippen LogP) is 2.22. The molecule has 0 aromatic rings. The van der Waals surface area contributed by atoms with Gasteiger partial charge in [0.15, 0.2) is 5.54 Å². The molecule has 6 heteroatoms. The Bertz CT molecular complexity index is 251. The molecule has 1 N–H and O–H groups in total.